The molecule has 1 aliphatic carbocycles. The minimum Gasteiger partial charge on any atom is -0.0588 e. The molecule has 0 atom stereocenters. The molecule has 1 aliphatic rings. The Kier molecular flexibility index (Phi) is 2.15. The van der Waals surface area contributed by atoms with Crippen LogP contribution >= 0.6 is 0 Å². The van der Waals surface area contributed by atoms with E-state index >= 15 is 0 Å². The van der Waals surface area contributed by atoms with E-state index in [1.54, 1.807) is 5.56 Å². The van der Waals surface area contributed by atoms with Crippen molar-refractivity contribution < 1.29 is 0 Å². The standard InChI is InChI=1S/C13H18/c1-9-7-8-10(2)13(11(9)3)12-5-4-6-12/h7-8,12H,4-6H2,1-3H3. The zero-order valence-corrected chi connectivity index (χ0v) is 8.85. The quantitative estimate of drug-likeness (QED) is 0.606. The van der Waals surface area contributed by atoms with Crippen molar-refractivity contribution in [1.29, 1.82) is 0 Å². The Morgan fingerprint density at radius 3 is 2.15 bits per heavy atom. The van der Waals surface area contributed by atoms with Gasteiger partial charge in [0.1, 0.15) is 0 Å². The van der Waals surface area contributed by atoms with E-state index in [9.17, 15) is 0 Å². The molecule has 0 spiro atoms. The van der Waals surface area contributed by atoms with E-state index in [1.165, 1.54) is 36.0 Å². The maximum absolute atomic E-state index is 2.27. The molecule has 0 unspecified atom stereocenters. The Balaban J connectivity index is 2.46. The highest BCUT2D eigenvalue weighted by Gasteiger charge is 2.22. The fourth-order valence-corrected chi connectivity index (χ4v) is 2.30. The van der Waals surface area contributed by atoms with Crippen LogP contribution in [0.2, 0.25) is 0 Å². The van der Waals surface area contributed by atoms with Crippen LogP contribution in [-0.4, -0.2) is 0 Å². The molecule has 0 nitrogen and oxygen atoms in total. The van der Waals surface area contributed by atoms with Gasteiger partial charge in [-0.1, -0.05) is 18.6 Å². The lowest BCUT2D eigenvalue weighted by atomic mass is 9.76. The number of benzene rings is 1. The Hall–Kier alpha value is -0.780. The summed E-state index contributed by atoms with van der Waals surface area (Å²) in [4.78, 5) is 0. The van der Waals surface area contributed by atoms with Gasteiger partial charge < -0.3 is 0 Å². The maximum atomic E-state index is 2.27. The average molecular weight is 174 g/mol. The highest BCUT2D eigenvalue weighted by atomic mass is 14.3. The topological polar surface area (TPSA) is 0 Å². The molecular formula is C13H18. The lowest BCUT2D eigenvalue weighted by Crippen LogP contribution is -2.12. The van der Waals surface area contributed by atoms with E-state index in [2.05, 4.69) is 32.9 Å². The summed E-state index contributed by atoms with van der Waals surface area (Å²) in [6.07, 6.45) is 4.24. The lowest BCUT2D eigenvalue weighted by molar-refractivity contribution is 0.416. The molecule has 1 fully saturated rings. The molecule has 0 amide bonds. The van der Waals surface area contributed by atoms with E-state index in [4.69, 9.17) is 0 Å². The molecule has 1 aromatic rings. The maximum Gasteiger partial charge on any atom is -0.0157 e. The minimum absolute atomic E-state index is 0.875. The summed E-state index contributed by atoms with van der Waals surface area (Å²) in [6.45, 7) is 6.74. The lowest BCUT2D eigenvalue weighted by Gasteiger charge is -2.29. The third-order valence-corrected chi connectivity index (χ3v) is 3.52. The van der Waals surface area contributed by atoms with E-state index < -0.39 is 0 Å². The number of aryl methyl sites for hydroxylation is 2. The summed E-state index contributed by atoms with van der Waals surface area (Å²) >= 11 is 0. The third kappa shape index (κ3) is 1.39. The molecule has 70 valence electrons. The summed E-state index contributed by atoms with van der Waals surface area (Å²) in [5.74, 6) is 0.875. The zero-order chi connectivity index (χ0) is 9.42. The molecule has 1 aromatic carbocycles. The van der Waals surface area contributed by atoms with Crippen molar-refractivity contribution in [3.63, 3.8) is 0 Å². The van der Waals surface area contributed by atoms with E-state index in [0.29, 0.717) is 0 Å². The second-order valence-electron chi connectivity index (χ2n) is 4.37. The largest absolute Gasteiger partial charge is 0.0588 e. The van der Waals surface area contributed by atoms with E-state index in [0.717, 1.165) is 5.92 Å². The first kappa shape index (κ1) is 8.80. The van der Waals surface area contributed by atoms with Gasteiger partial charge in [0.05, 0.1) is 0 Å². The van der Waals surface area contributed by atoms with Crippen molar-refractivity contribution in [2.75, 3.05) is 0 Å². The van der Waals surface area contributed by atoms with Gasteiger partial charge in [0.25, 0.3) is 0 Å². The van der Waals surface area contributed by atoms with Gasteiger partial charge in [0.15, 0.2) is 0 Å². The normalized spacial score (nSPS) is 17.2. The van der Waals surface area contributed by atoms with Crippen LogP contribution in [-0.2, 0) is 0 Å². The molecule has 0 aliphatic heterocycles. The van der Waals surface area contributed by atoms with E-state index in [-0.39, 0.29) is 0 Å². The molecule has 0 N–H and O–H groups in total. The number of hydrogen-bond donors (Lipinski definition) is 0. The summed E-state index contributed by atoms with van der Waals surface area (Å²) in [5.41, 5.74) is 6.12. The van der Waals surface area contributed by atoms with Crippen LogP contribution in [0.25, 0.3) is 0 Å². The summed E-state index contributed by atoms with van der Waals surface area (Å²) in [5, 5.41) is 0. The van der Waals surface area contributed by atoms with Crippen LogP contribution in [0.15, 0.2) is 12.1 Å². The molecule has 0 heteroatoms. The van der Waals surface area contributed by atoms with Gasteiger partial charge in [-0.25, -0.2) is 0 Å². The first-order valence-corrected chi connectivity index (χ1v) is 5.27. The fraction of sp³-hybridized carbons (Fsp3) is 0.538. The molecule has 1 saturated carbocycles. The highest BCUT2D eigenvalue weighted by Crippen LogP contribution is 2.40. The van der Waals surface area contributed by atoms with Crippen molar-refractivity contribution >= 4 is 0 Å². The van der Waals surface area contributed by atoms with Gasteiger partial charge in [-0.15, -0.1) is 0 Å². The van der Waals surface area contributed by atoms with Crippen LogP contribution in [0, 0.1) is 20.8 Å². The highest BCUT2D eigenvalue weighted by molar-refractivity contribution is 5.42. The zero-order valence-electron chi connectivity index (χ0n) is 8.85. The van der Waals surface area contributed by atoms with Crippen LogP contribution in [0.1, 0.15) is 47.4 Å². The number of rotatable bonds is 1. The second kappa shape index (κ2) is 3.17. The SMILES string of the molecule is Cc1ccc(C)c(C2CCC2)c1C. The van der Waals surface area contributed by atoms with Crippen molar-refractivity contribution in [2.24, 2.45) is 0 Å². The van der Waals surface area contributed by atoms with Crippen molar-refractivity contribution in [3.8, 4) is 0 Å². The van der Waals surface area contributed by atoms with Crippen LogP contribution in [0.3, 0.4) is 0 Å². The van der Waals surface area contributed by atoms with Crippen molar-refractivity contribution in [1.82, 2.24) is 0 Å². The summed E-state index contributed by atoms with van der Waals surface area (Å²) in [6, 6.07) is 4.52. The molecule has 0 heterocycles. The predicted octanol–water partition coefficient (Wildman–Crippen LogP) is 3.88. The van der Waals surface area contributed by atoms with Crippen LogP contribution in [0.5, 0.6) is 0 Å². The Labute approximate surface area is 81.0 Å². The van der Waals surface area contributed by atoms with Gasteiger partial charge in [-0.2, -0.15) is 0 Å². The molecule has 0 bridgehead atoms. The van der Waals surface area contributed by atoms with Gasteiger partial charge in [-0.3, -0.25) is 0 Å². The van der Waals surface area contributed by atoms with Gasteiger partial charge in [0, 0.05) is 0 Å². The van der Waals surface area contributed by atoms with Gasteiger partial charge >= 0.3 is 0 Å². The van der Waals surface area contributed by atoms with E-state index in [1.807, 2.05) is 0 Å². The Bertz CT molecular complexity index is 319. The smallest absolute Gasteiger partial charge is 0.0157 e. The van der Waals surface area contributed by atoms with Gasteiger partial charge in [0.2, 0.25) is 0 Å². The molecule has 0 aromatic heterocycles. The van der Waals surface area contributed by atoms with Crippen molar-refractivity contribution in [3.05, 3.63) is 34.4 Å². The van der Waals surface area contributed by atoms with Crippen molar-refractivity contribution in [2.45, 2.75) is 46.0 Å². The minimum atomic E-state index is 0.875. The Morgan fingerprint density at radius 2 is 1.62 bits per heavy atom. The molecule has 2 rings (SSSR count). The summed E-state index contributed by atoms with van der Waals surface area (Å²) in [7, 11) is 0. The fourth-order valence-electron chi connectivity index (χ4n) is 2.30. The number of hydrogen-bond acceptors (Lipinski definition) is 0. The third-order valence-electron chi connectivity index (χ3n) is 3.52. The molecular weight excluding hydrogens is 156 g/mol. The first-order valence-electron chi connectivity index (χ1n) is 5.27. The molecule has 0 saturated heterocycles. The summed E-state index contributed by atoms with van der Waals surface area (Å²) < 4.78 is 0. The monoisotopic (exact) mass is 174 g/mol. The average Bonchev–Trinajstić information content (AvgIpc) is 2.02. The van der Waals surface area contributed by atoms with Gasteiger partial charge in [-0.05, 0) is 61.8 Å². The molecule has 13 heavy (non-hydrogen) atoms. The van der Waals surface area contributed by atoms with Crippen LogP contribution in [0.4, 0.5) is 0 Å². The molecule has 0 radical (unpaired) electrons. The first-order chi connectivity index (χ1) is 6.20. The Morgan fingerprint density at radius 1 is 1.00 bits per heavy atom. The predicted molar refractivity (Wildman–Crippen MR) is 57.2 cm³/mol. The second-order valence-corrected chi connectivity index (χ2v) is 4.37. The van der Waals surface area contributed by atoms with Crippen LogP contribution < -0.4 is 0 Å².